The van der Waals surface area contributed by atoms with E-state index in [4.69, 9.17) is 0 Å². The van der Waals surface area contributed by atoms with Crippen LogP contribution in [-0.2, 0) is 6.18 Å². The lowest BCUT2D eigenvalue weighted by molar-refractivity contribution is -0.137. The lowest BCUT2D eigenvalue weighted by Gasteiger charge is -2.11. The molecule has 0 aliphatic rings. The first-order valence-electron chi connectivity index (χ1n) is 8.53. The molecule has 0 bridgehead atoms. The third-order valence-electron chi connectivity index (χ3n) is 4.00. The number of imide groups is 1. The number of urea groups is 1. The summed E-state index contributed by atoms with van der Waals surface area (Å²) >= 11 is 3.23. The number of aryl methyl sites for hydroxylation is 1. The average molecular weight is 479 g/mol. The third-order valence-corrected chi connectivity index (χ3v) is 4.69. The van der Waals surface area contributed by atoms with E-state index in [1.807, 2.05) is 0 Å². The van der Waals surface area contributed by atoms with Gasteiger partial charge in [-0.2, -0.15) is 13.2 Å². The van der Waals surface area contributed by atoms with Gasteiger partial charge in [0.05, 0.1) is 28.7 Å². The number of carbonyl (C=O) groups excluding carboxylic acids is 2. The quantitative estimate of drug-likeness (QED) is 0.542. The molecular weight excluding hydrogens is 465 g/mol. The van der Waals surface area contributed by atoms with Crippen LogP contribution in [0.2, 0.25) is 0 Å². The molecule has 154 valence electrons. The lowest BCUT2D eigenvalue weighted by atomic mass is 10.1. The zero-order valence-corrected chi connectivity index (χ0v) is 17.0. The predicted octanol–water partition coefficient (Wildman–Crippen LogP) is 5.20. The highest BCUT2D eigenvalue weighted by atomic mass is 79.9. The molecule has 0 aliphatic heterocycles. The summed E-state index contributed by atoms with van der Waals surface area (Å²) in [7, 11) is 0. The van der Waals surface area contributed by atoms with Gasteiger partial charge < -0.3 is 0 Å². The van der Waals surface area contributed by atoms with Crippen LogP contribution in [0.5, 0.6) is 0 Å². The number of nitrogens with one attached hydrogen (secondary N) is 2. The Bertz CT molecular complexity index is 1120. The molecule has 0 aliphatic carbocycles. The highest BCUT2D eigenvalue weighted by molar-refractivity contribution is 9.10. The predicted molar refractivity (Wildman–Crippen MR) is 108 cm³/mol. The molecule has 0 saturated heterocycles. The number of anilines is 1. The van der Waals surface area contributed by atoms with Crippen molar-refractivity contribution in [3.05, 3.63) is 76.0 Å². The van der Waals surface area contributed by atoms with Gasteiger partial charge in [-0.15, -0.1) is 0 Å². The number of rotatable bonds is 3. The lowest BCUT2D eigenvalue weighted by Crippen LogP contribution is -2.34. The van der Waals surface area contributed by atoms with Gasteiger partial charge in [-0.3, -0.25) is 20.4 Å². The Balaban J connectivity index is 1.74. The second-order valence-corrected chi connectivity index (χ2v) is 7.01. The van der Waals surface area contributed by atoms with Gasteiger partial charge >= 0.3 is 12.2 Å². The molecule has 0 radical (unpaired) electrons. The molecule has 2 aromatic carbocycles. The van der Waals surface area contributed by atoms with E-state index in [1.54, 1.807) is 31.2 Å². The molecule has 0 fully saturated rings. The van der Waals surface area contributed by atoms with Crippen LogP contribution < -0.4 is 10.6 Å². The standard InChI is InChI=1S/C20H14BrF3N4O2/c1-11-17(12-5-4-6-13(9-12)20(22,23)24)25-10-16(26-11)27-19(30)28-18(29)14-7-2-3-8-15(14)21/h2-10H,1H3,(H2,26,27,28,29,30). The van der Waals surface area contributed by atoms with Crippen molar-refractivity contribution in [2.75, 3.05) is 5.32 Å². The van der Waals surface area contributed by atoms with E-state index in [1.165, 1.54) is 18.3 Å². The van der Waals surface area contributed by atoms with Crippen molar-refractivity contribution in [1.82, 2.24) is 15.3 Å². The van der Waals surface area contributed by atoms with Gasteiger partial charge in [0.15, 0.2) is 5.82 Å². The van der Waals surface area contributed by atoms with Crippen molar-refractivity contribution in [3.8, 4) is 11.3 Å². The number of hydrogen-bond donors (Lipinski definition) is 2. The Hall–Kier alpha value is -3.27. The van der Waals surface area contributed by atoms with Crippen LogP contribution in [0.1, 0.15) is 21.6 Å². The molecule has 3 amide bonds. The zero-order valence-electron chi connectivity index (χ0n) is 15.4. The largest absolute Gasteiger partial charge is 0.416 e. The van der Waals surface area contributed by atoms with E-state index in [0.717, 1.165) is 12.1 Å². The van der Waals surface area contributed by atoms with E-state index >= 15 is 0 Å². The number of hydrogen-bond acceptors (Lipinski definition) is 4. The van der Waals surface area contributed by atoms with Gasteiger partial charge in [0.2, 0.25) is 0 Å². The van der Waals surface area contributed by atoms with Crippen molar-refractivity contribution in [1.29, 1.82) is 0 Å². The molecule has 2 N–H and O–H groups in total. The van der Waals surface area contributed by atoms with E-state index in [0.29, 0.717) is 10.2 Å². The van der Waals surface area contributed by atoms with Crippen molar-refractivity contribution >= 4 is 33.7 Å². The van der Waals surface area contributed by atoms with E-state index < -0.39 is 23.7 Å². The fourth-order valence-corrected chi connectivity index (χ4v) is 3.10. The van der Waals surface area contributed by atoms with Gasteiger partial charge in [-0.05, 0) is 47.1 Å². The maximum atomic E-state index is 12.9. The average Bonchev–Trinajstić information content (AvgIpc) is 2.67. The van der Waals surface area contributed by atoms with Gasteiger partial charge in [0.1, 0.15) is 0 Å². The smallest absolute Gasteiger partial charge is 0.291 e. The molecule has 30 heavy (non-hydrogen) atoms. The Morgan fingerprint density at radius 3 is 2.47 bits per heavy atom. The Labute approximate surface area is 177 Å². The highest BCUT2D eigenvalue weighted by Crippen LogP contribution is 2.32. The molecule has 3 aromatic rings. The molecule has 10 heteroatoms. The van der Waals surface area contributed by atoms with Crippen LogP contribution in [0.25, 0.3) is 11.3 Å². The summed E-state index contributed by atoms with van der Waals surface area (Å²) in [5.41, 5.74) is 0.277. The summed E-state index contributed by atoms with van der Waals surface area (Å²) in [6.07, 6.45) is -3.28. The first kappa shape index (κ1) is 21.4. The molecule has 0 saturated carbocycles. The fourth-order valence-electron chi connectivity index (χ4n) is 2.63. The number of alkyl halides is 3. The number of nitrogens with zero attached hydrogens (tertiary/aromatic N) is 2. The van der Waals surface area contributed by atoms with Crippen molar-refractivity contribution in [2.45, 2.75) is 13.1 Å². The summed E-state index contributed by atoms with van der Waals surface area (Å²) in [4.78, 5) is 32.5. The van der Waals surface area contributed by atoms with E-state index in [2.05, 4.69) is 36.5 Å². The molecule has 0 atom stereocenters. The molecule has 0 unspecified atom stereocenters. The van der Waals surface area contributed by atoms with Crippen LogP contribution in [-0.4, -0.2) is 21.9 Å². The molecular formula is C20H14BrF3N4O2. The van der Waals surface area contributed by atoms with Crippen LogP contribution in [0.3, 0.4) is 0 Å². The number of amides is 3. The van der Waals surface area contributed by atoms with Crippen LogP contribution in [0, 0.1) is 6.92 Å². The Morgan fingerprint density at radius 1 is 1.07 bits per heavy atom. The Kier molecular flexibility index (Phi) is 6.16. The zero-order chi connectivity index (χ0) is 21.9. The van der Waals surface area contributed by atoms with Crippen molar-refractivity contribution < 1.29 is 22.8 Å². The Morgan fingerprint density at radius 2 is 1.80 bits per heavy atom. The summed E-state index contributed by atoms with van der Waals surface area (Å²) < 4.78 is 39.3. The van der Waals surface area contributed by atoms with Gasteiger partial charge in [0.25, 0.3) is 5.91 Å². The van der Waals surface area contributed by atoms with Gasteiger partial charge in [0, 0.05) is 10.0 Å². The first-order valence-corrected chi connectivity index (χ1v) is 9.32. The van der Waals surface area contributed by atoms with Crippen molar-refractivity contribution in [3.63, 3.8) is 0 Å². The van der Waals surface area contributed by atoms with E-state index in [9.17, 15) is 22.8 Å². The molecule has 6 nitrogen and oxygen atoms in total. The van der Waals surface area contributed by atoms with Crippen LogP contribution in [0.4, 0.5) is 23.8 Å². The minimum atomic E-state index is -4.47. The SMILES string of the molecule is Cc1nc(NC(=O)NC(=O)c2ccccc2Br)cnc1-c1cccc(C(F)(F)F)c1. The minimum Gasteiger partial charge on any atom is -0.291 e. The van der Waals surface area contributed by atoms with Crippen LogP contribution in [0.15, 0.2) is 59.2 Å². The topological polar surface area (TPSA) is 84.0 Å². The summed E-state index contributed by atoms with van der Waals surface area (Å²) in [5, 5.41) is 4.54. The molecule has 3 rings (SSSR count). The maximum Gasteiger partial charge on any atom is 0.416 e. The molecule has 0 spiro atoms. The maximum absolute atomic E-state index is 12.9. The highest BCUT2D eigenvalue weighted by Gasteiger charge is 2.30. The number of aromatic nitrogens is 2. The summed E-state index contributed by atoms with van der Waals surface area (Å²) in [6.45, 7) is 1.55. The minimum absolute atomic E-state index is 0.0423. The monoisotopic (exact) mass is 478 g/mol. The summed E-state index contributed by atoms with van der Waals surface area (Å²) in [6, 6.07) is 10.5. The number of halogens is 4. The van der Waals surface area contributed by atoms with Crippen molar-refractivity contribution in [2.24, 2.45) is 0 Å². The number of benzene rings is 2. The fraction of sp³-hybridized carbons (Fsp3) is 0.100. The van der Waals surface area contributed by atoms with Gasteiger partial charge in [-0.25, -0.2) is 9.78 Å². The third kappa shape index (κ3) is 5.01. The summed E-state index contributed by atoms with van der Waals surface area (Å²) in [5.74, 6) is -0.578. The second kappa shape index (κ2) is 8.62. The van der Waals surface area contributed by atoms with Crippen LogP contribution >= 0.6 is 15.9 Å². The number of carbonyl (C=O) groups is 2. The normalized spacial score (nSPS) is 11.1. The van der Waals surface area contributed by atoms with Gasteiger partial charge in [-0.1, -0.05) is 24.3 Å². The molecule has 1 aromatic heterocycles. The first-order chi connectivity index (χ1) is 14.1. The second-order valence-electron chi connectivity index (χ2n) is 6.16. The van der Waals surface area contributed by atoms with E-state index in [-0.39, 0.29) is 22.6 Å². The molecule has 1 heterocycles.